The van der Waals surface area contributed by atoms with Crippen molar-refractivity contribution in [2.75, 3.05) is 5.32 Å². The topological polar surface area (TPSA) is 93.0 Å². The average molecular weight is 305 g/mol. The van der Waals surface area contributed by atoms with Crippen molar-refractivity contribution in [2.24, 2.45) is 0 Å². The Balaban J connectivity index is 2.17. The molecule has 0 bridgehead atoms. The zero-order valence-corrected chi connectivity index (χ0v) is 12.4. The number of aryl methyl sites for hydroxylation is 1. The lowest BCUT2D eigenvalue weighted by molar-refractivity contribution is -0.255. The fraction of sp³-hybridized carbons (Fsp3) is 0.0556. The summed E-state index contributed by atoms with van der Waals surface area (Å²) in [5.74, 6) is -1.85. The van der Waals surface area contributed by atoms with Gasteiger partial charge < -0.3 is 15.2 Å². The van der Waals surface area contributed by atoms with Crippen LogP contribution in [-0.2, 0) is 4.79 Å². The van der Waals surface area contributed by atoms with Gasteiger partial charge in [0, 0.05) is 5.69 Å². The Kier molecular flexibility index (Phi) is 4.90. The quantitative estimate of drug-likeness (QED) is 0.689. The third-order valence-corrected chi connectivity index (χ3v) is 3.10. The van der Waals surface area contributed by atoms with Gasteiger partial charge in [0.25, 0.3) is 5.91 Å². The van der Waals surface area contributed by atoms with Gasteiger partial charge in [0.2, 0.25) is 0 Å². The lowest BCUT2D eigenvalue weighted by atomic mass is 10.1. The molecule has 23 heavy (non-hydrogen) atoms. The SMILES string of the molecule is Cc1cccc(/C=C(\C#N)C(=O)Nc2ccc(C(=O)[O-])cc2)c1. The smallest absolute Gasteiger partial charge is 0.266 e. The second-order valence-corrected chi connectivity index (χ2v) is 4.90. The molecule has 5 heteroatoms. The molecule has 0 aliphatic rings. The standard InChI is InChI=1S/C18H14N2O3/c1-12-3-2-4-13(9-12)10-15(11-19)17(21)20-16-7-5-14(6-8-16)18(22)23/h2-10H,1H3,(H,20,21)(H,22,23)/p-1/b15-10+. The van der Waals surface area contributed by atoms with E-state index in [1.165, 1.54) is 30.3 Å². The highest BCUT2D eigenvalue weighted by atomic mass is 16.4. The Morgan fingerprint density at radius 1 is 1.17 bits per heavy atom. The summed E-state index contributed by atoms with van der Waals surface area (Å²) in [6, 6.07) is 14.8. The van der Waals surface area contributed by atoms with Crippen LogP contribution in [0.15, 0.2) is 54.1 Å². The molecule has 114 valence electrons. The summed E-state index contributed by atoms with van der Waals surface area (Å²) < 4.78 is 0. The van der Waals surface area contributed by atoms with Crippen molar-refractivity contribution in [3.05, 3.63) is 70.8 Å². The molecule has 0 aliphatic carbocycles. The van der Waals surface area contributed by atoms with Crippen LogP contribution in [0.3, 0.4) is 0 Å². The molecule has 0 spiro atoms. The number of nitrogens with zero attached hydrogens (tertiary/aromatic N) is 1. The van der Waals surface area contributed by atoms with E-state index in [2.05, 4.69) is 5.32 Å². The molecule has 2 rings (SSSR count). The van der Waals surface area contributed by atoms with Gasteiger partial charge in [0.05, 0.1) is 5.97 Å². The van der Waals surface area contributed by atoms with Crippen LogP contribution in [0.4, 0.5) is 5.69 Å². The molecule has 0 saturated heterocycles. The molecule has 1 amide bonds. The number of hydrogen-bond donors (Lipinski definition) is 1. The lowest BCUT2D eigenvalue weighted by Crippen LogP contribution is -2.22. The van der Waals surface area contributed by atoms with Gasteiger partial charge in [-0.25, -0.2) is 0 Å². The maximum atomic E-state index is 12.1. The van der Waals surface area contributed by atoms with Crippen LogP contribution in [0.2, 0.25) is 0 Å². The van der Waals surface area contributed by atoms with Crippen LogP contribution in [0.1, 0.15) is 21.5 Å². The first kappa shape index (κ1) is 16.0. The largest absolute Gasteiger partial charge is 0.545 e. The van der Waals surface area contributed by atoms with Gasteiger partial charge in [-0.15, -0.1) is 0 Å². The zero-order valence-electron chi connectivity index (χ0n) is 12.4. The highest BCUT2D eigenvalue weighted by Gasteiger charge is 2.09. The van der Waals surface area contributed by atoms with Crippen molar-refractivity contribution in [2.45, 2.75) is 6.92 Å². The molecular formula is C18H13N2O3-. The van der Waals surface area contributed by atoms with E-state index in [0.717, 1.165) is 11.1 Å². The van der Waals surface area contributed by atoms with Gasteiger partial charge >= 0.3 is 0 Å². The van der Waals surface area contributed by atoms with E-state index in [0.29, 0.717) is 5.69 Å². The first-order valence-electron chi connectivity index (χ1n) is 6.81. The third kappa shape index (κ3) is 4.29. The van der Waals surface area contributed by atoms with Crippen molar-refractivity contribution in [3.8, 4) is 6.07 Å². The summed E-state index contributed by atoms with van der Waals surface area (Å²) in [6.45, 7) is 1.92. The summed E-state index contributed by atoms with van der Waals surface area (Å²) in [6.07, 6.45) is 1.50. The van der Waals surface area contributed by atoms with Gasteiger partial charge in [-0.2, -0.15) is 5.26 Å². The number of hydrogen-bond acceptors (Lipinski definition) is 4. The van der Waals surface area contributed by atoms with Crippen molar-refractivity contribution >= 4 is 23.6 Å². The van der Waals surface area contributed by atoms with Crippen LogP contribution in [-0.4, -0.2) is 11.9 Å². The molecule has 2 aromatic carbocycles. The second kappa shape index (κ2) is 7.05. The van der Waals surface area contributed by atoms with Gasteiger partial charge in [-0.1, -0.05) is 42.0 Å². The summed E-state index contributed by atoms with van der Waals surface area (Å²) in [7, 11) is 0. The Labute approximate surface area is 133 Å². The summed E-state index contributed by atoms with van der Waals surface area (Å²) in [4.78, 5) is 22.8. The second-order valence-electron chi connectivity index (χ2n) is 4.90. The highest BCUT2D eigenvalue weighted by Crippen LogP contribution is 2.13. The molecule has 1 N–H and O–H groups in total. The first-order chi connectivity index (χ1) is 11.0. The van der Waals surface area contributed by atoms with Crippen LogP contribution in [0, 0.1) is 18.3 Å². The molecule has 2 aromatic rings. The summed E-state index contributed by atoms with van der Waals surface area (Å²) in [5.41, 5.74) is 2.14. The molecule has 0 aromatic heterocycles. The number of carbonyl (C=O) groups is 2. The molecule has 0 aliphatic heterocycles. The van der Waals surface area contributed by atoms with E-state index in [9.17, 15) is 14.7 Å². The van der Waals surface area contributed by atoms with E-state index < -0.39 is 11.9 Å². The van der Waals surface area contributed by atoms with Gasteiger partial charge in [-0.05, 0) is 36.3 Å². The number of carboxylic acid groups (broad SMARTS) is 1. The van der Waals surface area contributed by atoms with E-state index in [4.69, 9.17) is 5.26 Å². The monoisotopic (exact) mass is 305 g/mol. The summed E-state index contributed by atoms with van der Waals surface area (Å²) >= 11 is 0. The fourth-order valence-electron chi connectivity index (χ4n) is 1.96. The number of benzene rings is 2. The molecule has 0 unspecified atom stereocenters. The van der Waals surface area contributed by atoms with Crippen molar-refractivity contribution in [3.63, 3.8) is 0 Å². The van der Waals surface area contributed by atoms with Crippen LogP contribution in [0.25, 0.3) is 6.08 Å². The van der Waals surface area contributed by atoms with Gasteiger partial charge in [0.15, 0.2) is 0 Å². The fourth-order valence-corrected chi connectivity index (χ4v) is 1.96. The number of aromatic carboxylic acids is 1. The molecular weight excluding hydrogens is 292 g/mol. The highest BCUT2D eigenvalue weighted by molar-refractivity contribution is 6.09. The Morgan fingerprint density at radius 2 is 1.87 bits per heavy atom. The first-order valence-corrected chi connectivity index (χ1v) is 6.81. The maximum Gasteiger partial charge on any atom is 0.266 e. The number of nitriles is 1. The molecule has 5 nitrogen and oxygen atoms in total. The number of rotatable bonds is 4. The minimum absolute atomic E-state index is 0.0128. The molecule has 0 fully saturated rings. The van der Waals surface area contributed by atoms with E-state index in [1.807, 2.05) is 31.2 Å². The molecule has 0 radical (unpaired) electrons. The van der Waals surface area contributed by atoms with Crippen molar-refractivity contribution < 1.29 is 14.7 Å². The number of carboxylic acids is 1. The van der Waals surface area contributed by atoms with Crippen LogP contribution in [0.5, 0.6) is 0 Å². The number of carbonyl (C=O) groups excluding carboxylic acids is 2. The minimum Gasteiger partial charge on any atom is -0.545 e. The van der Waals surface area contributed by atoms with E-state index in [1.54, 1.807) is 6.07 Å². The number of anilines is 1. The molecule has 0 heterocycles. The zero-order chi connectivity index (χ0) is 16.8. The summed E-state index contributed by atoms with van der Waals surface area (Å²) in [5, 5.41) is 22.4. The number of nitrogens with one attached hydrogen (secondary N) is 1. The maximum absolute atomic E-state index is 12.1. The van der Waals surface area contributed by atoms with Crippen LogP contribution >= 0.6 is 0 Å². The Hall–Kier alpha value is -3.39. The Morgan fingerprint density at radius 3 is 2.43 bits per heavy atom. The average Bonchev–Trinajstić information content (AvgIpc) is 2.53. The normalized spacial score (nSPS) is 10.7. The van der Waals surface area contributed by atoms with E-state index in [-0.39, 0.29) is 11.1 Å². The van der Waals surface area contributed by atoms with Crippen LogP contribution < -0.4 is 10.4 Å². The third-order valence-electron chi connectivity index (χ3n) is 3.10. The number of amides is 1. The predicted molar refractivity (Wildman–Crippen MR) is 84.2 cm³/mol. The predicted octanol–water partition coefficient (Wildman–Crippen LogP) is 1.90. The van der Waals surface area contributed by atoms with Crippen molar-refractivity contribution in [1.29, 1.82) is 5.26 Å². The van der Waals surface area contributed by atoms with E-state index >= 15 is 0 Å². The van der Waals surface area contributed by atoms with Gasteiger partial charge in [-0.3, -0.25) is 4.79 Å². The van der Waals surface area contributed by atoms with Crippen molar-refractivity contribution in [1.82, 2.24) is 0 Å². The minimum atomic E-state index is -1.29. The Bertz CT molecular complexity index is 815. The molecule has 0 saturated carbocycles. The van der Waals surface area contributed by atoms with Gasteiger partial charge in [0.1, 0.15) is 11.6 Å². The molecule has 0 atom stereocenters. The lowest BCUT2D eigenvalue weighted by Gasteiger charge is -2.06.